The van der Waals surface area contributed by atoms with Crippen molar-refractivity contribution in [2.75, 3.05) is 26.4 Å². The number of ether oxygens (including phenoxy) is 6. The molecule has 0 spiro atoms. The van der Waals surface area contributed by atoms with E-state index in [0.717, 1.165) is 77.0 Å². The fraction of sp³-hybridized carbons (Fsp3) is 0.805. The Morgan fingerprint density at radius 3 is 1.06 bits per heavy atom. The summed E-state index contributed by atoms with van der Waals surface area (Å²) in [6, 6.07) is -0.996. The van der Waals surface area contributed by atoms with E-state index in [1.165, 1.54) is 205 Å². The van der Waals surface area contributed by atoms with Gasteiger partial charge in [-0.1, -0.05) is 323 Å². The molecule has 0 aromatic rings. The van der Waals surface area contributed by atoms with Gasteiger partial charge in [0.2, 0.25) is 5.91 Å². The molecule has 3 aliphatic rings. The van der Waals surface area contributed by atoms with Gasteiger partial charge >= 0.3 is 0 Å². The number of carbonyl (C=O) groups excluding carboxylic acids is 1. The Morgan fingerprint density at radius 2 is 0.660 bits per heavy atom. The van der Waals surface area contributed by atoms with Crippen molar-refractivity contribution in [3.05, 3.63) is 97.2 Å². The smallest absolute Gasteiger partial charge is 0.220 e. The maximum atomic E-state index is 13.5. The molecule has 0 aromatic carbocycles. The Bertz CT molecular complexity index is 2290. The van der Waals surface area contributed by atoms with Gasteiger partial charge in [-0.3, -0.25) is 4.79 Å². The highest BCUT2D eigenvalue weighted by molar-refractivity contribution is 5.76. The van der Waals surface area contributed by atoms with E-state index in [0.29, 0.717) is 12.8 Å². The van der Waals surface area contributed by atoms with Crippen molar-refractivity contribution in [3.63, 3.8) is 0 Å². The van der Waals surface area contributed by atoms with Gasteiger partial charge in [-0.2, -0.15) is 0 Å². The van der Waals surface area contributed by atoms with Gasteiger partial charge in [-0.15, -0.1) is 0 Å². The maximum Gasteiger partial charge on any atom is 0.220 e. The molecule has 0 saturated carbocycles. The van der Waals surface area contributed by atoms with Crippen LogP contribution in [0.3, 0.4) is 0 Å². The molecule has 3 saturated heterocycles. The number of nitrogens with one attached hydrogen (secondary N) is 1. The van der Waals surface area contributed by atoms with Crippen LogP contribution in [0.4, 0.5) is 0 Å². The minimum absolute atomic E-state index is 0.232. The zero-order valence-corrected chi connectivity index (χ0v) is 65.9. The number of hydrogen-bond acceptors (Lipinski definition) is 18. The Balaban J connectivity index is 1.36. The van der Waals surface area contributed by atoms with Gasteiger partial charge in [0, 0.05) is 6.42 Å². The summed E-state index contributed by atoms with van der Waals surface area (Å²) in [5.74, 6) is -0.284. The SMILES string of the molecule is CC/C=C\C/C=C\C/C=C\C/C=C\C/C=C\C/C=C\CCCCCCCCCCCCCCCCCCC(=O)NC(COC1OC(CO)C(OC2OC(CO)C(OC3OC(CO)C(O)C(O)C3O)C(O)C2O)C(O)C1O)C(O)/C=C/CC/C=C/CCCCCCCCCCCCCCCCCCCCCC. The summed E-state index contributed by atoms with van der Waals surface area (Å²) in [6.45, 7) is 1.64. The summed E-state index contributed by atoms with van der Waals surface area (Å²) in [5, 5.41) is 121. The lowest BCUT2D eigenvalue weighted by atomic mass is 9.96. The Labute approximate surface area is 641 Å². The first-order valence-electron chi connectivity index (χ1n) is 42.5. The van der Waals surface area contributed by atoms with Crippen LogP contribution in [-0.4, -0.2) is 193 Å². The molecule has 19 heteroatoms. The van der Waals surface area contributed by atoms with Crippen molar-refractivity contribution < 1.29 is 89.4 Å². The fourth-order valence-corrected chi connectivity index (χ4v) is 13.9. The second kappa shape index (κ2) is 66.3. The lowest BCUT2D eigenvalue weighted by Crippen LogP contribution is -2.66. The maximum absolute atomic E-state index is 13.5. The minimum atomic E-state index is -1.98. The largest absolute Gasteiger partial charge is 0.394 e. The number of amides is 1. The fourth-order valence-electron chi connectivity index (χ4n) is 13.9. The van der Waals surface area contributed by atoms with Crippen LogP contribution in [0.5, 0.6) is 0 Å². The van der Waals surface area contributed by atoms with Crippen LogP contribution in [0.2, 0.25) is 0 Å². The summed E-state index contributed by atoms with van der Waals surface area (Å²) in [4.78, 5) is 13.5. The van der Waals surface area contributed by atoms with E-state index in [9.17, 15) is 61.0 Å². The number of allylic oxidation sites excluding steroid dienone is 15. The monoisotopic (exact) mass is 1500 g/mol. The zero-order chi connectivity index (χ0) is 76.7. The van der Waals surface area contributed by atoms with Gasteiger partial charge < -0.3 is 89.9 Å². The zero-order valence-electron chi connectivity index (χ0n) is 65.9. The van der Waals surface area contributed by atoms with E-state index in [1.807, 2.05) is 6.08 Å². The van der Waals surface area contributed by atoms with Gasteiger partial charge in [0.15, 0.2) is 18.9 Å². The number of rotatable bonds is 67. The highest BCUT2D eigenvalue weighted by atomic mass is 16.8. The first kappa shape index (κ1) is 96.9. The molecule has 614 valence electrons. The van der Waals surface area contributed by atoms with Crippen LogP contribution in [0, 0.1) is 0 Å². The lowest BCUT2D eigenvalue weighted by molar-refractivity contribution is -0.379. The van der Waals surface area contributed by atoms with Gasteiger partial charge in [-0.05, 0) is 83.5 Å². The lowest BCUT2D eigenvalue weighted by Gasteiger charge is -2.48. The van der Waals surface area contributed by atoms with E-state index >= 15 is 0 Å². The molecule has 17 unspecified atom stereocenters. The highest BCUT2D eigenvalue weighted by Crippen LogP contribution is 2.33. The molecule has 0 bridgehead atoms. The molecule has 3 aliphatic heterocycles. The molecule has 19 nitrogen and oxygen atoms in total. The Hall–Kier alpha value is -3.29. The van der Waals surface area contributed by atoms with E-state index in [-0.39, 0.29) is 18.9 Å². The normalized spacial score (nSPS) is 26.1. The Kier molecular flexibility index (Phi) is 60.6. The number of carbonyl (C=O) groups is 1. The number of aliphatic hydroxyl groups excluding tert-OH is 11. The predicted octanol–water partition coefficient (Wildman–Crippen LogP) is 15.1. The third kappa shape index (κ3) is 45.3. The highest BCUT2D eigenvalue weighted by Gasteiger charge is 2.54. The van der Waals surface area contributed by atoms with Gasteiger partial charge in [0.1, 0.15) is 73.2 Å². The number of hydrogen-bond donors (Lipinski definition) is 12. The van der Waals surface area contributed by atoms with Crippen molar-refractivity contribution in [2.24, 2.45) is 0 Å². The molecule has 0 aliphatic carbocycles. The van der Waals surface area contributed by atoms with Gasteiger partial charge in [0.05, 0.1) is 38.6 Å². The summed E-state index contributed by atoms with van der Waals surface area (Å²) in [7, 11) is 0. The van der Waals surface area contributed by atoms with Crippen molar-refractivity contribution in [1.82, 2.24) is 5.32 Å². The molecule has 3 fully saturated rings. The van der Waals surface area contributed by atoms with E-state index in [4.69, 9.17) is 28.4 Å². The molecular formula is C87H153NO18. The molecule has 3 heterocycles. The van der Waals surface area contributed by atoms with Crippen LogP contribution >= 0.6 is 0 Å². The van der Waals surface area contributed by atoms with Crippen molar-refractivity contribution in [3.8, 4) is 0 Å². The number of aliphatic hydroxyl groups is 11. The summed E-state index contributed by atoms with van der Waals surface area (Å²) in [5.41, 5.74) is 0. The molecule has 1 amide bonds. The first-order valence-corrected chi connectivity index (χ1v) is 42.5. The quantitative estimate of drug-likeness (QED) is 0.0199. The van der Waals surface area contributed by atoms with Crippen LogP contribution in [0.25, 0.3) is 0 Å². The van der Waals surface area contributed by atoms with Gasteiger partial charge in [-0.25, -0.2) is 0 Å². The minimum Gasteiger partial charge on any atom is -0.394 e. The van der Waals surface area contributed by atoms with Crippen molar-refractivity contribution in [1.29, 1.82) is 0 Å². The molecule has 106 heavy (non-hydrogen) atoms. The average molecular weight is 1500 g/mol. The predicted molar refractivity (Wildman–Crippen MR) is 424 cm³/mol. The van der Waals surface area contributed by atoms with Crippen LogP contribution in [0.15, 0.2) is 97.2 Å². The van der Waals surface area contributed by atoms with Crippen LogP contribution in [-0.2, 0) is 33.2 Å². The average Bonchev–Trinajstić information content (AvgIpc) is 0.779. The summed E-state index contributed by atoms with van der Waals surface area (Å²) < 4.78 is 34.5. The molecular weight excluding hydrogens is 1350 g/mol. The Morgan fingerprint density at radius 1 is 0.349 bits per heavy atom. The summed E-state index contributed by atoms with van der Waals surface area (Å²) in [6.07, 6.45) is 64.0. The van der Waals surface area contributed by atoms with E-state index in [1.54, 1.807) is 6.08 Å². The second-order valence-corrected chi connectivity index (χ2v) is 29.9. The topological polar surface area (TPSA) is 307 Å². The standard InChI is InChI=1S/C87H153NO18/c1-3-5-7-9-11-13-15-17-19-21-23-25-27-29-31-32-33-34-35-36-37-38-39-41-43-45-47-49-51-53-55-57-59-61-63-65-75(93)88-70(71(92)64-62-60-58-56-54-52-50-48-46-44-42-40-30-28-26-24-22-20-18-16-14-12-10-8-6-4-2)69-101-85-81(99)78(96)83(73(67-90)103-85)106-87-82(100)79(97)84(74(68-91)104-87)105-86-80(98)77(95)76(94)72(66-89)102-86/h5,7,11,13,17,19,23,25,29,31,33-34,54,56,62,64,70-74,76-87,89-92,94-100H,3-4,6,8-10,12,14-16,18,20-22,24,26-28,30,32,35-53,55,57-61,63,65-69H2,1-2H3,(H,88,93)/b7-5-,13-11-,19-17-,25-23-,31-29-,34-33-,56-54+,64-62+. The molecule has 17 atom stereocenters. The van der Waals surface area contributed by atoms with Crippen LogP contribution in [0.1, 0.15) is 316 Å². The van der Waals surface area contributed by atoms with Crippen molar-refractivity contribution >= 4 is 5.91 Å². The second-order valence-electron chi connectivity index (χ2n) is 29.9. The molecule has 3 rings (SSSR count). The first-order chi connectivity index (χ1) is 51.8. The molecule has 0 radical (unpaired) electrons. The van der Waals surface area contributed by atoms with Crippen molar-refractivity contribution in [2.45, 2.75) is 420 Å². The van der Waals surface area contributed by atoms with E-state index in [2.05, 4.69) is 104 Å². The van der Waals surface area contributed by atoms with E-state index < -0.39 is 124 Å². The third-order valence-electron chi connectivity index (χ3n) is 20.6. The van der Waals surface area contributed by atoms with Gasteiger partial charge in [0.25, 0.3) is 0 Å². The molecule has 0 aromatic heterocycles. The number of unbranched alkanes of at least 4 members (excludes halogenated alkanes) is 37. The third-order valence-corrected chi connectivity index (χ3v) is 20.6. The molecule has 12 N–H and O–H groups in total. The summed E-state index contributed by atoms with van der Waals surface area (Å²) >= 11 is 0. The van der Waals surface area contributed by atoms with Crippen LogP contribution < -0.4 is 5.32 Å².